The fraction of sp³-hybridized carbons (Fsp3) is 0.632. The molecule has 1 aromatic carbocycles. The van der Waals surface area contributed by atoms with Gasteiger partial charge in [-0.15, -0.1) is 24.0 Å². The summed E-state index contributed by atoms with van der Waals surface area (Å²) < 4.78 is 5.05. The van der Waals surface area contributed by atoms with Crippen LogP contribution in [0.1, 0.15) is 19.4 Å². The average molecular weight is 492 g/mol. The maximum Gasteiger partial charge on any atom is 0.193 e. The average Bonchev–Trinajstić information content (AvgIpc) is 2.64. The van der Waals surface area contributed by atoms with Crippen LogP contribution in [0.15, 0.2) is 29.3 Å². The molecule has 1 aromatic rings. The molecule has 1 atom stereocenters. The highest BCUT2D eigenvalue weighted by atomic mass is 127. The molecule has 26 heavy (non-hydrogen) atoms. The standard InChI is InChI=1S/C19H32N4OS.HI/c1-15(2)18-14-23(10-12-25-18)19(20-3)22-13-16-5-7-17(8-6-16)21-9-11-24-4;/h5-8,15,18,21H,9-14H2,1-4H3,(H,20,22);1H. The molecule has 2 rings (SSSR count). The molecule has 0 aromatic heterocycles. The number of nitrogens with zero attached hydrogens (tertiary/aromatic N) is 2. The molecular weight excluding hydrogens is 459 g/mol. The molecule has 0 saturated carbocycles. The van der Waals surface area contributed by atoms with E-state index < -0.39 is 0 Å². The Hall–Kier alpha value is -0.670. The van der Waals surface area contributed by atoms with Gasteiger partial charge < -0.3 is 20.3 Å². The van der Waals surface area contributed by atoms with E-state index in [4.69, 9.17) is 4.74 Å². The predicted molar refractivity (Wildman–Crippen MR) is 125 cm³/mol. The van der Waals surface area contributed by atoms with Crippen molar-refractivity contribution in [3.63, 3.8) is 0 Å². The number of benzene rings is 1. The zero-order chi connectivity index (χ0) is 18.1. The lowest BCUT2D eigenvalue weighted by Crippen LogP contribution is -2.48. The minimum atomic E-state index is 0. The lowest BCUT2D eigenvalue weighted by Gasteiger charge is -2.36. The van der Waals surface area contributed by atoms with E-state index in [0.29, 0.717) is 17.8 Å². The number of halogens is 1. The maximum atomic E-state index is 5.05. The summed E-state index contributed by atoms with van der Waals surface area (Å²) in [7, 11) is 3.59. The first-order chi connectivity index (χ1) is 12.1. The lowest BCUT2D eigenvalue weighted by atomic mass is 10.1. The number of ether oxygens (including phenoxy) is 1. The second-order valence-electron chi connectivity index (χ2n) is 6.62. The number of rotatable bonds is 7. The van der Waals surface area contributed by atoms with Crippen LogP contribution in [0.25, 0.3) is 0 Å². The normalized spacial score (nSPS) is 17.8. The largest absolute Gasteiger partial charge is 0.383 e. The lowest BCUT2D eigenvalue weighted by molar-refractivity contribution is 0.211. The first-order valence-corrected chi connectivity index (χ1v) is 10.1. The van der Waals surface area contributed by atoms with Crippen molar-refractivity contribution in [2.45, 2.75) is 25.6 Å². The van der Waals surface area contributed by atoms with Crippen LogP contribution in [0.5, 0.6) is 0 Å². The first-order valence-electron chi connectivity index (χ1n) is 9.03. The van der Waals surface area contributed by atoms with Gasteiger partial charge in [-0.2, -0.15) is 11.8 Å². The molecule has 2 N–H and O–H groups in total. The van der Waals surface area contributed by atoms with Crippen molar-refractivity contribution >= 4 is 47.4 Å². The smallest absolute Gasteiger partial charge is 0.193 e. The van der Waals surface area contributed by atoms with Crippen molar-refractivity contribution in [1.29, 1.82) is 0 Å². The van der Waals surface area contributed by atoms with E-state index in [2.05, 4.69) is 70.4 Å². The fourth-order valence-corrected chi connectivity index (χ4v) is 4.12. The molecule has 148 valence electrons. The Kier molecular flexibility index (Phi) is 11.4. The maximum absolute atomic E-state index is 5.05. The number of guanidine groups is 1. The summed E-state index contributed by atoms with van der Waals surface area (Å²) in [6, 6.07) is 8.53. The van der Waals surface area contributed by atoms with Gasteiger partial charge in [-0.05, 0) is 23.6 Å². The third kappa shape index (κ3) is 7.52. The third-order valence-electron chi connectivity index (χ3n) is 4.39. The number of aliphatic imine (C=N–C) groups is 1. The van der Waals surface area contributed by atoms with Crippen molar-refractivity contribution in [1.82, 2.24) is 10.2 Å². The molecule has 1 fully saturated rings. The summed E-state index contributed by atoms with van der Waals surface area (Å²) in [5, 5.41) is 7.53. The highest BCUT2D eigenvalue weighted by molar-refractivity contribution is 14.0. The number of hydrogen-bond acceptors (Lipinski definition) is 4. The van der Waals surface area contributed by atoms with Crippen LogP contribution in [0.3, 0.4) is 0 Å². The Morgan fingerprint density at radius 2 is 2.08 bits per heavy atom. The second-order valence-corrected chi connectivity index (χ2v) is 7.96. The summed E-state index contributed by atoms with van der Waals surface area (Å²) in [5.41, 5.74) is 2.38. The van der Waals surface area contributed by atoms with Crippen molar-refractivity contribution in [3.8, 4) is 0 Å². The quantitative estimate of drug-likeness (QED) is 0.264. The monoisotopic (exact) mass is 492 g/mol. The number of anilines is 1. The van der Waals surface area contributed by atoms with E-state index in [1.807, 2.05) is 7.05 Å². The van der Waals surface area contributed by atoms with Gasteiger partial charge in [0, 0.05) is 57.0 Å². The van der Waals surface area contributed by atoms with Gasteiger partial charge in [-0.25, -0.2) is 0 Å². The number of thioether (sulfide) groups is 1. The van der Waals surface area contributed by atoms with Crippen molar-refractivity contribution < 1.29 is 4.74 Å². The SMILES string of the molecule is CN=C(NCc1ccc(NCCOC)cc1)N1CCSC(C(C)C)C1.I. The molecular formula is C19H33IN4OS. The Morgan fingerprint density at radius 3 is 2.69 bits per heavy atom. The second kappa shape index (κ2) is 12.7. The molecule has 0 amide bonds. The molecule has 0 radical (unpaired) electrons. The van der Waals surface area contributed by atoms with Gasteiger partial charge in [-0.1, -0.05) is 26.0 Å². The molecule has 0 aliphatic carbocycles. The molecule has 1 heterocycles. The molecule has 1 aliphatic heterocycles. The number of nitrogens with one attached hydrogen (secondary N) is 2. The molecule has 0 spiro atoms. The highest BCUT2D eigenvalue weighted by Gasteiger charge is 2.24. The number of hydrogen-bond donors (Lipinski definition) is 2. The fourth-order valence-electron chi connectivity index (χ4n) is 2.82. The van der Waals surface area contributed by atoms with Gasteiger partial charge in [0.15, 0.2) is 5.96 Å². The molecule has 1 unspecified atom stereocenters. The van der Waals surface area contributed by atoms with E-state index in [9.17, 15) is 0 Å². The highest BCUT2D eigenvalue weighted by Crippen LogP contribution is 2.24. The van der Waals surface area contributed by atoms with Crippen LogP contribution < -0.4 is 10.6 Å². The minimum Gasteiger partial charge on any atom is -0.383 e. The molecule has 1 aliphatic rings. The third-order valence-corrected chi connectivity index (χ3v) is 5.93. The molecule has 5 nitrogen and oxygen atoms in total. The van der Waals surface area contributed by atoms with Crippen molar-refractivity contribution in [3.05, 3.63) is 29.8 Å². The van der Waals surface area contributed by atoms with Crippen LogP contribution in [-0.2, 0) is 11.3 Å². The molecule has 7 heteroatoms. The first kappa shape index (κ1) is 23.4. The Morgan fingerprint density at radius 1 is 1.35 bits per heavy atom. The Bertz CT molecular complexity index is 539. The predicted octanol–water partition coefficient (Wildman–Crippen LogP) is 3.51. The summed E-state index contributed by atoms with van der Waals surface area (Å²) in [4.78, 5) is 6.87. The van der Waals surface area contributed by atoms with E-state index in [1.54, 1.807) is 7.11 Å². The molecule has 0 bridgehead atoms. The summed E-state index contributed by atoms with van der Waals surface area (Å²) in [6.45, 7) is 9.08. The summed E-state index contributed by atoms with van der Waals surface area (Å²) in [6.07, 6.45) is 0. The van der Waals surface area contributed by atoms with Gasteiger partial charge in [0.05, 0.1) is 6.61 Å². The Labute approximate surface area is 179 Å². The Balaban J connectivity index is 0.00000338. The summed E-state index contributed by atoms with van der Waals surface area (Å²) in [5.74, 6) is 2.88. The van der Waals surface area contributed by atoms with Gasteiger partial charge in [0.2, 0.25) is 0 Å². The van der Waals surface area contributed by atoms with Crippen molar-refractivity contribution in [2.24, 2.45) is 10.9 Å². The van der Waals surface area contributed by atoms with Crippen LogP contribution in [-0.4, -0.2) is 62.3 Å². The van der Waals surface area contributed by atoms with E-state index >= 15 is 0 Å². The van der Waals surface area contributed by atoms with E-state index in [1.165, 1.54) is 11.3 Å². The van der Waals surface area contributed by atoms with Crippen LogP contribution in [0.2, 0.25) is 0 Å². The number of methoxy groups -OCH3 is 1. The zero-order valence-electron chi connectivity index (χ0n) is 16.3. The van der Waals surface area contributed by atoms with Gasteiger partial charge >= 0.3 is 0 Å². The van der Waals surface area contributed by atoms with Crippen LogP contribution >= 0.6 is 35.7 Å². The van der Waals surface area contributed by atoms with Crippen LogP contribution in [0.4, 0.5) is 5.69 Å². The minimum absolute atomic E-state index is 0. The van der Waals surface area contributed by atoms with Gasteiger partial charge in [0.25, 0.3) is 0 Å². The van der Waals surface area contributed by atoms with Crippen molar-refractivity contribution in [2.75, 3.05) is 51.5 Å². The molecule has 1 saturated heterocycles. The van der Waals surface area contributed by atoms with Gasteiger partial charge in [0.1, 0.15) is 0 Å². The van der Waals surface area contributed by atoms with Crippen LogP contribution in [0, 0.1) is 5.92 Å². The van der Waals surface area contributed by atoms with Gasteiger partial charge in [-0.3, -0.25) is 4.99 Å². The van der Waals surface area contributed by atoms with E-state index in [0.717, 1.165) is 37.8 Å². The van der Waals surface area contributed by atoms with E-state index in [-0.39, 0.29) is 24.0 Å². The zero-order valence-corrected chi connectivity index (χ0v) is 19.5. The summed E-state index contributed by atoms with van der Waals surface area (Å²) >= 11 is 2.09. The topological polar surface area (TPSA) is 48.9 Å².